The van der Waals surface area contributed by atoms with Crippen molar-refractivity contribution in [1.29, 1.82) is 0 Å². The van der Waals surface area contributed by atoms with Gasteiger partial charge >= 0.3 is 5.97 Å². The quantitative estimate of drug-likeness (QED) is 0.481. The van der Waals surface area contributed by atoms with Gasteiger partial charge < -0.3 is 4.74 Å². The van der Waals surface area contributed by atoms with Crippen LogP contribution < -0.4 is 5.73 Å². The molecule has 0 aromatic carbocycles. The van der Waals surface area contributed by atoms with E-state index in [1.54, 1.807) is 0 Å². The van der Waals surface area contributed by atoms with Gasteiger partial charge in [0.15, 0.2) is 0 Å². The largest absolute Gasteiger partial charge is 0.450 e. The summed E-state index contributed by atoms with van der Waals surface area (Å²) in [6, 6.07) is 0. The van der Waals surface area contributed by atoms with Crippen LogP contribution in [0, 0.1) is 5.92 Å². The summed E-state index contributed by atoms with van der Waals surface area (Å²) in [5.74, 6) is 0.0273. The van der Waals surface area contributed by atoms with Gasteiger partial charge in [-0.1, -0.05) is 19.3 Å². The van der Waals surface area contributed by atoms with Gasteiger partial charge in [0.05, 0.1) is 5.92 Å². The number of esters is 1. The molecular weight excluding hydrogens is 142 g/mol. The van der Waals surface area contributed by atoms with Gasteiger partial charge in [-0.3, -0.25) is 10.5 Å². The summed E-state index contributed by atoms with van der Waals surface area (Å²) < 4.78 is 4.72. The second-order valence-electron chi connectivity index (χ2n) is 2.96. The lowest BCUT2D eigenvalue weighted by atomic mass is 9.89. The van der Waals surface area contributed by atoms with Crippen LogP contribution in [0.4, 0.5) is 0 Å². The van der Waals surface area contributed by atoms with E-state index in [0.29, 0.717) is 0 Å². The van der Waals surface area contributed by atoms with Gasteiger partial charge in [-0.05, 0) is 12.8 Å². The molecule has 0 amide bonds. The lowest BCUT2D eigenvalue weighted by Gasteiger charge is -2.19. The summed E-state index contributed by atoms with van der Waals surface area (Å²) in [6.07, 6.45) is 5.54. The SMILES string of the molecule is NCOC(=O)C1CCCCC1. The van der Waals surface area contributed by atoms with E-state index in [-0.39, 0.29) is 18.6 Å². The highest BCUT2D eigenvalue weighted by molar-refractivity contribution is 5.72. The summed E-state index contributed by atoms with van der Waals surface area (Å²) >= 11 is 0. The summed E-state index contributed by atoms with van der Waals surface area (Å²) in [5, 5.41) is 0. The van der Waals surface area contributed by atoms with Gasteiger partial charge in [-0.2, -0.15) is 0 Å². The Morgan fingerprint density at radius 2 is 2.00 bits per heavy atom. The fraction of sp³-hybridized carbons (Fsp3) is 0.875. The first-order chi connectivity index (χ1) is 5.34. The highest BCUT2D eigenvalue weighted by Gasteiger charge is 2.21. The molecule has 3 heteroatoms. The zero-order chi connectivity index (χ0) is 8.10. The average molecular weight is 157 g/mol. The summed E-state index contributed by atoms with van der Waals surface area (Å²) in [4.78, 5) is 11.1. The smallest absolute Gasteiger partial charge is 0.310 e. The zero-order valence-corrected chi connectivity index (χ0v) is 6.71. The standard InChI is InChI=1S/C8H15NO2/c9-6-11-8(10)7-4-2-1-3-5-7/h7H,1-6,9H2. The van der Waals surface area contributed by atoms with Crippen LogP contribution in [-0.2, 0) is 9.53 Å². The second-order valence-corrected chi connectivity index (χ2v) is 2.96. The van der Waals surface area contributed by atoms with Crippen LogP contribution in [0.1, 0.15) is 32.1 Å². The third kappa shape index (κ3) is 2.50. The maximum Gasteiger partial charge on any atom is 0.310 e. The first-order valence-corrected chi connectivity index (χ1v) is 4.21. The number of ether oxygens (including phenoxy) is 1. The van der Waals surface area contributed by atoms with Crippen LogP contribution in [0.2, 0.25) is 0 Å². The van der Waals surface area contributed by atoms with Crippen LogP contribution in [0.15, 0.2) is 0 Å². The fourth-order valence-corrected chi connectivity index (χ4v) is 1.54. The molecule has 0 bridgehead atoms. The molecule has 1 fully saturated rings. The minimum absolute atomic E-state index is 0.0231. The van der Waals surface area contributed by atoms with Gasteiger partial charge in [0.1, 0.15) is 6.73 Å². The monoisotopic (exact) mass is 157 g/mol. The van der Waals surface area contributed by atoms with Crippen LogP contribution >= 0.6 is 0 Å². The lowest BCUT2D eigenvalue weighted by Crippen LogP contribution is -2.22. The summed E-state index contributed by atoms with van der Waals surface area (Å²) in [5.41, 5.74) is 5.09. The van der Waals surface area contributed by atoms with Crippen molar-refractivity contribution in [2.45, 2.75) is 32.1 Å². The summed E-state index contributed by atoms with van der Waals surface area (Å²) in [7, 11) is 0. The van der Waals surface area contributed by atoms with Gasteiger partial charge in [-0.25, -0.2) is 0 Å². The van der Waals surface area contributed by atoms with Crippen molar-refractivity contribution in [2.24, 2.45) is 11.7 Å². The van der Waals surface area contributed by atoms with Crippen molar-refractivity contribution in [3.63, 3.8) is 0 Å². The molecule has 0 aromatic rings. The molecule has 1 rings (SSSR count). The topological polar surface area (TPSA) is 52.3 Å². The van der Waals surface area contributed by atoms with Crippen LogP contribution in [0.5, 0.6) is 0 Å². The number of carbonyl (C=O) groups excluding carboxylic acids is 1. The normalized spacial score (nSPS) is 19.7. The first-order valence-electron chi connectivity index (χ1n) is 4.21. The predicted octanol–water partition coefficient (Wildman–Crippen LogP) is 1.03. The Kier molecular flexibility index (Phi) is 3.36. The molecule has 2 N–H and O–H groups in total. The molecule has 1 aliphatic rings. The Hall–Kier alpha value is -0.570. The maximum atomic E-state index is 11.1. The Balaban J connectivity index is 2.27. The van der Waals surface area contributed by atoms with Gasteiger partial charge in [0.25, 0.3) is 0 Å². The molecule has 1 saturated carbocycles. The number of hydrogen-bond donors (Lipinski definition) is 1. The average Bonchev–Trinajstić information content (AvgIpc) is 2.07. The molecular formula is C8H15NO2. The number of nitrogens with two attached hydrogens (primary N) is 1. The molecule has 11 heavy (non-hydrogen) atoms. The van der Waals surface area contributed by atoms with Crippen LogP contribution in [0.3, 0.4) is 0 Å². The third-order valence-electron chi connectivity index (χ3n) is 2.16. The van der Waals surface area contributed by atoms with E-state index in [4.69, 9.17) is 10.5 Å². The minimum atomic E-state index is -0.104. The number of rotatable bonds is 2. The number of carbonyl (C=O) groups is 1. The third-order valence-corrected chi connectivity index (χ3v) is 2.16. The van der Waals surface area contributed by atoms with E-state index in [1.165, 1.54) is 6.42 Å². The number of hydrogen-bond acceptors (Lipinski definition) is 3. The van der Waals surface area contributed by atoms with E-state index in [1.807, 2.05) is 0 Å². The molecule has 64 valence electrons. The maximum absolute atomic E-state index is 11.1. The van der Waals surface area contributed by atoms with Gasteiger partial charge in [-0.15, -0.1) is 0 Å². The van der Waals surface area contributed by atoms with Crippen molar-refractivity contribution in [2.75, 3.05) is 6.73 Å². The fourth-order valence-electron chi connectivity index (χ4n) is 1.54. The zero-order valence-electron chi connectivity index (χ0n) is 6.71. The predicted molar refractivity (Wildman–Crippen MR) is 41.7 cm³/mol. The van der Waals surface area contributed by atoms with E-state index in [2.05, 4.69) is 0 Å². The molecule has 0 aliphatic heterocycles. The Morgan fingerprint density at radius 3 is 2.55 bits per heavy atom. The van der Waals surface area contributed by atoms with Gasteiger partial charge in [0, 0.05) is 0 Å². The first kappa shape index (κ1) is 8.53. The second kappa shape index (κ2) is 4.34. The molecule has 0 saturated heterocycles. The van der Waals surface area contributed by atoms with Crippen molar-refractivity contribution in [3.05, 3.63) is 0 Å². The Bertz CT molecular complexity index is 130. The molecule has 0 unspecified atom stereocenters. The van der Waals surface area contributed by atoms with Crippen LogP contribution in [-0.4, -0.2) is 12.7 Å². The van der Waals surface area contributed by atoms with Gasteiger partial charge in [0.2, 0.25) is 0 Å². The van der Waals surface area contributed by atoms with Crippen LogP contribution in [0.25, 0.3) is 0 Å². The molecule has 3 nitrogen and oxygen atoms in total. The highest BCUT2D eigenvalue weighted by atomic mass is 16.5. The Labute approximate surface area is 66.9 Å². The molecule has 0 aromatic heterocycles. The van der Waals surface area contributed by atoms with Crippen molar-refractivity contribution in [1.82, 2.24) is 0 Å². The lowest BCUT2D eigenvalue weighted by molar-refractivity contribution is -0.149. The molecule has 0 atom stereocenters. The van der Waals surface area contributed by atoms with E-state index >= 15 is 0 Å². The molecule has 0 heterocycles. The van der Waals surface area contributed by atoms with E-state index in [9.17, 15) is 4.79 Å². The minimum Gasteiger partial charge on any atom is -0.450 e. The molecule has 0 spiro atoms. The van der Waals surface area contributed by atoms with E-state index in [0.717, 1.165) is 25.7 Å². The summed E-state index contributed by atoms with van der Waals surface area (Å²) in [6.45, 7) is 0.0231. The van der Waals surface area contributed by atoms with E-state index < -0.39 is 0 Å². The van der Waals surface area contributed by atoms with Crippen molar-refractivity contribution >= 4 is 5.97 Å². The van der Waals surface area contributed by atoms with Crippen molar-refractivity contribution in [3.8, 4) is 0 Å². The Morgan fingerprint density at radius 1 is 1.36 bits per heavy atom. The molecule has 1 aliphatic carbocycles. The van der Waals surface area contributed by atoms with Crippen molar-refractivity contribution < 1.29 is 9.53 Å². The highest BCUT2D eigenvalue weighted by Crippen LogP contribution is 2.24. The molecule has 0 radical (unpaired) electrons.